The minimum Gasteiger partial charge on any atom is -0.373 e. The lowest BCUT2D eigenvalue weighted by Crippen LogP contribution is -2.34. The highest BCUT2D eigenvalue weighted by Crippen LogP contribution is 2.40. The molecule has 4 nitrogen and oxygen atoms in total. The molecule has 0 unspecified atom stereocenters. The van der Waals surface area contributed by atoms with Gasteiger partial charge in [0.1, 0.15) is 0 Å². The minimum absolute atomic E-state index is 0.00138. The summed E-state index contributed by atoms with van der Waals surface area (Å²) < 4.78 is 1.62. The Morgan fingerprint density at radius 3 is 2.70 bits per heavy atom. The Bertz CT molecular complexity index is 494. The highest BCUT2D eigenvalue weighted by atomic mass is 32.1. The molecule has 112 valence electrons. The molecule has 1 aliphatic carbocycles. The number of rotatable bonds is 6. The van der Waals surface area contributed by atoms with Gasteiger partial charge in [-0.25, -0.2) is 4.68 Å². The van der Waals surface area contributed by atoms with Crippen molar-refractivity contribution in [2.24, 2.45) is 5.41 Å². The fraction of sp³-hybridized carbons (Fsp3) is 0.733. The fourth-order valence-electron chi connectivity index (χ4n) is 3.02. The van der Waals surface area contributed by atoms with Gasteiger partial charge in [0.05, 0.1) is 18.4 Å². The minimum atomic E-state index is -0.00138. The second kappa shape index (κ2) is 6.66. The molecule has 0 spiro atoms. The first-order valence-electron chi connectivity index (χ1n) is 7.49. The molecule has 5 heteroatoms. The van der Waals surface area contributed by atoms with Crippen molar-refractivity contribution in [3.8, 4) is 0 Å². The number of aromatic nitrogens is 2. The van der Waals surface area contributed by atoms with Crippen molar-refractivity contribution in [2.75, 3.05) is 24.2 Å². The first-order valence-corrected chi connectivity index (χ1v) is 8.13. The standard InChI is InChI=1S/C15H25N3OS/c1-3-8-17(2)13-9-14(19)18(16-10-13)11-15(12-20)6-4-5-7-15/h9-10,20H,3-8,11-12H2,1-2H3. The van der Waals surface area contributed by atoms with Gasteiger partial charge in [0.2, 0.25) is 0 Å². The Hall–Kier alpha value is -0.970. The Kier molecular flexibility index (Phi) is 5.13. The summed E-state index contributed by atoms with van der Waals surface area (Å²) in [5.41, 5.74) is 1.06. The summed E-state index contributed by atoms with van der Waals surface area (Å²) in [6, 6.07) is 1.70. The van der Waals surface area contributed by atoms with Crippen LogP contribution < -0.4 is 10.5 Å². The third-order valence-electron chi connectivity index (χ3n) is 4.34. The summed E-state index contributed by atoms with van der Waals surface area (Å²) in [7, 11) is 2.00. The predicted molar refractivity (Wildman–Crippen MR) is 86.8 cm³/mol. The van der Waals surface area contributed by atoms with Gasteiger partial charge >= 0.3 is 0 Å². The molecule has 2 rings (SSSR count). The molecular weight excluding hydrogens is 270 g/mol. The first-order chi connectivity index (χ1) is 9.60. The van der Waals surface area contributed by atoms with Crippen LogP contribution in [0.5, 0.6) is 0 Å². The summed E-state index contributed by atoms with van der Waals surface area (Å²) in [6.07, 6.45) is 7.66. The maximum atomic E-state index is 12.2. The number of hydrogen-bond donors (Lipinski definition) is 1. The molecule has 0 amide bonds. The molecule has 1 saturated carbocycles. The van der Waals surface area contributed by atoms with Crippen LogP contribution in [0.4, 0.5) is 5.69 Å². The molecule has 0 atom stereocenters. The van der Waals surface area contributed by atoms with Crippen LogP contribution >= 0.6 is 12.6 Å². The average Bonchev–Trinajstić information content (AvgIpc) is 2.90. The number of thiol groups is 1. The Morgan fingerprint density at radius 2 is 2.15 bits per heavy atom. The Balaban J connectivity index is 2.15. The lowest BCUT2D eigenvalue weighted by atomic mass is 9.88. The summed E-state index contributed by atoms with van der Waals surface area (Å²) in [6.45, 7) is 3.76. The smallest absolute Gasteiger partial charge is 0.268 e. The van der Waals surface area contributed by atoms with E-state index >= 15 is 0 Å². The van der Waals surface area contributed by atoms with E-state index in [1.54, 1.807) is 16.9 Å². The zero-order valence-corrected chi connectivity index (χ0v) is 13.4. The largest absolute Gasteiger partial charge is 0.373 e. The SMILES string of the molecule is CCCN(C)c1cnn(CC2(CS)CCCC2)c(=O)c1. The average molecular weight is 295 g/mol. The topological polar surface area (TPSA) is 38.1 Å². The van der Waals surface area contributed by atoms with E-state index in [1.807, 2.05) is 7.05 Å². The zero-order valence-electron chi connectivity index (χ0n) is 12.5. The Labute approximate surface area is 126 Å². The van der Waals surface area contributed by atoms with Gasteiger partial charge in [-0.2, -0.15) is 17.7 Å². The molecular formula is C15H25N3OS. The van der Waals surface area contributed by atoms with Gasteiger partial charge in [0, 0.05) is 19.7 Å². The molecule has 0 radical (unpaired) electrons. The van der Waals surface area contributed by atoms with Crippen molar-refractivity contribution < 1.29 is 0 Å². The molecule has 0 saturated heterocycles. The van der Waals surface area contributed by atoms with Gasteiger partial charge in [-0.3, -0.25) is 4.79 Å². The van der Waals surface area contributed by atoms with Crippen molar-refractivity contribution in [3.05, 3.63) is 22.6 Å². The molecule has 20 heavy (non-hydrogen) atoms. The highest BCUT2D eigenvalue weighted by Gasteiger charge is 2.33. The van der Waals surface area contributed by atoms with E-state index in [4.69, 9.17) is 0 Å². The summed E-state index contributed by atoms with van der Waals surface area (Å²) in [5.74, 6) is 0.832. The molecule has 0 N–H and O–H groups in total. The maximum absolute atomic E-state index is 12.2. The molecule has 1 aliphatic rings. The van der Waals surface area contributed by atoms with E-state index in [-0.39, 0.29) is 11.0 Å². The third-order valence-corrected chi connectivity index (χ3v) is 5.01. The van der Waals surface area contributed by atoms with Crippen LogP contribution in [0.2, 0.25) is 0 Å². The van der Waals surface area contributed by atoms with Gasteiger partial charge in [0.15, 0.2) is 0 Å². The quantitative estimate of drug-likeness (QED) is 0.820. The highest BCUT2D eigenvalue weighted by molar-refractivity contribution is 7.80. The normalized spacial score (nSPS) is 17.4. The van der Waals surface area contributed by atoms with E-state index in [0.717, 1.165) is 37.2 Å². The van der Waals surface area contributed by atoms with Gasteiger partial charge < -0.3 is 4.90 Å². The molecule has 1 heterocycles. The van der Waals surface area contributed by atoms with E-state index in [1.165, 1.54) is 12.8 Å². The zero-order chi connectivity index (χ0) is 14.6. The maximum Gasteiger partial charge on any atom is 0.268 e. The van der Waals surface area contributed by atoms with Crippen LogP contribution in [0.3, 0.4) is 0 Å². The van der Waals surface area contributed by atoms with Crippen LogP contribution in [0, 0.1) is 5.41 Å². The van der Waals surface area contributed by atoms with Crippen molar-refractivity contribution in [3.63, 3.8) is 0 Å². The van der Waals surface area contributed by atoms with E-state index < -0.39 is 0 Å². The lowest BCUT2D eigenvalue weighted by Gasteiger charge is -2.27. The fourth-order valence-corrected chi connectivity index (χ4v) is 3.44. The number of hydrogen-bond acceptors (Lipinski definition) is 4. The number of anilines is 1. The van der Waals surface area contributed by atoms with Crippen LogP contribution in [-0.2, 0) is 6.54 Å². The molecule has 1 aromatic heterocycles. The van der Waals surface area contributed by atoms with Crippen LogP contribution in [0.1, 0.15) is 39.0 Å². The molecule has 0 aromatic carbocycles. The van der Waals surface area contributed by atoms with Crippen LogP contribution in [0.25, 0.3) is 0 Å². The predicted octanol–water partition coefficient (Wildman–Crippen LogP) is 2.58. The van der Waals surface area contributed by atoms with Crippen molar-refractivity contribution >= 4 is 18.3 Å². The second-order valence-electron chi connectivity index (χ2n) is 6.00. The van der Waals surface area contributed by atoms with E-state index in [0.29, 0.717) is 6.54 Å². The van der Waals surface area contributed by atoms with Gasteiger partial charge in [-0.05, 0) is 30.4 Å². The molecule has 0 bridgehead atoms. The summed E-state index contributed by atoms with van der Waals surface area (Å²) >= 11 is 4.50. The van der Waals surface area contributed by atoms with E-state index in [2.05, 4.69) is 29.6 Å². The van der Waals surface area contributed by atoms with Gasteiger partial charge in [-0.1, -0.05) is 19.8 Å². The molecule has 1 fully saturated rings. The summed E-state index contributed by atoms with van der Waals surface area (Å²) in [5, 5.41) is 4.37. The summed E-state index contributed by atoms with van der Waals surface area (Å²) in [4.78, 5) is 14.3. The van der Waals surface area contributed by atoms with Crippen molar-refractivity contribution in [2.45, 2.75) is 45.6 Å². The molecule has 0 aliphatic heterocycles. The first kappa shape index (κ1) is 15.4. The van der Waals surface area contributed by atoms with Gasteiger partial charge in [0.25, 0.3) is 5.56 Å². The van der Waals surface area contributed by atoms with Crippen LogP contribution in [-0.4, -0.2) is 29.1 Å². The number of nitrogens with zero attached hydrogens (tertiary/aromatic N) is 3. The molecule has 1 aromatic rings. The van der Waals surface area contributed by atoms with Gasteiger partial charge in [-0.15, -0.1) is 0 Å². The monoisotopic (exact) mass is 295 g/mol. The van der Waals surface area contributed by atoms with E-state index in [9.17, 15) is 4.79 Å². The van der Waals surface area contributed by atoms with Crippen molar-refractivity contribution in [1.29, 1.82) is 0 Å². The Morgan fingerprint density at radius 1 is 1.45 bits per heavy atom. The van der Waals surface area contributed by atoms with Crippen molar-refractivity contribution in [1.82, 2.24) is 9.78 Å². The van der Waals surface area contributed by atoms with Crippen LogP contribution in [0.15, 0.2) is 17.1 Å². The second-order valence-corrected chi connectivity index (χ2v) is 6.31. The third kappa shape index (κ3) is 3.37. The lowest BCUT2D eigenvalue weighted by molar-refractivity contribution is 0.270.